The van der Waals surface area contributed by atoms with E-state index < -0.39 is 0 Å². The molecule has 0 aliphatic carbocycles. The van der Waals surface area contributed by atoms with Gasteiger partial charge < -0.3 is 10.2 Å². The van der Waals surface area contributed by atoms with Gasteiger partial charge in [-0.1, -0.05) is 55.5 Å². The highest BCUT2D eigenvalue weighted by Crippen LogP contribution is 2.32. The maximum Gasteiger partial charge on any atom is 0.183 e. The Kier molecular flexibility index (Phi) is 6.21. The van der Waals surface area contributed by atoms with Gasteiger partial charge in [-0.25, -0.2) is 4.98 Å². The predicted molar refractivity (Wildman–Crippen MR) is 93.2 cm³/mol. The van der Waals surface area contributed by atoms with Gasteiger partial charge in [-0.3, -0.25) is 0 Å². The summed E-state index contributed by atoms with van der Waals surface area (Å²) in [4.78, 5) is 8.35. The van der Waals surface area contributed by atoms with E-state index in [0.717, 1.165) is 43.4 Å². The summed E-state index contributed by atoms with van der Waals surface area (Å²) in [6, 6.07) is 10.5. The second-order valence-corrected chi connectivity index (χ2v) is 6.11. The van der Waals surface area contributed by atoms with Gasteiger partial charge in [0.1, 0.15) is 0 Å². The van der Waals surface area contributed by atoms with Crippen LogP contribution in [0.25, 0.3) is 10.4 Å². The van der Waals surface area contributed by atoms with Crippen LogP contribution in [0.2, 0.25) is 0 Å². The summed E-state index contributed by atoms with van der Waals surface area (Å²) in [6.07, 6.45) is 1.15. The van der Waals surface area contributed by atoms with Gasteiger partial charge in [-0.05, 0) is 38.5 Å². The Hall–Kier alpha value is -1.39. The lowest BCUT2D eigenvalue weighted by atomic mass is 10.2. The third-order valence-electron chi connectivity index (χ3n) is 3.65. The molecule has 21 heavy (non-hydrogen) atoms. The third-order valence-corrected chi connectivity index (χ3v) is 4.82. The molecule has 1 heterocycles. The molecule has 1 N–H and O–H groups in total. The summed E-state index contributed by atoms with van der Waals surface area (Å²) >= 11 is 1.75. The van der Waals surface area contributed by atoms with Crippen LogP contribution in [0.4, 0.5) is 5.13 Å². The number of thiazole rings is 1. The van der Waals surface area contributed by atoms with E-state index in [2.05, 4.69) is 60.2 Å². The number of anilines is 1. The summed E-state index contributed by atoms with van der Waals surface area (Å²) in [5.41, 5.74) is 2.36. The minimum atomic E-state index is 0.984. The van der Waals surface area contributed by atoms with E-state index in [-0.39, 0.29) is 0 Å². The number of hydrogen-bond acceptors (Lipinski definition) is 4. The minimum Gasteiger partial charge on any atom is -0.361 e. The van der Waals surface area contributed by atoms with Crippen molar-refractivity contribution < 1.29 is 0 Å². The summed E-state index contributed by atoms with van der Waals surface area (Å²) in [5.74, 6) is 0. The molecule has 1 aromatic heterocycles. The van der Waals surface area contributed by atoms with Crippen LogP contribution < -0.4 is 5.32 Å². The van der Waals surface area contributed by atoms with Crippen LogP contribution in [0.15, 0.2) is 30.3 Å². The van der Waals surface area contributed by atoms with Crippen LogP contribution >= 0.6 is 11.3 Å². The van der Waals surface area contributed by atoms with E-state index in [1.54, 1.807) is 11.3 Å². The summed E-state index contributed by atoms with van der Waals surface area (Å²) in [6.45, 7) is 10.9. The molecule has 0 bridgehead atoms. The SMILES string of the molecule is CCN(CC)CCCNc1nc(C)c(-c2ccccc2)s1. The largest absolute Gasteiger partial charge is 0.361 e. The van der Waals surface area contributed by atoms with Crippen molar-refractivity contribution in [1.29, 1.82) is 0 Å². The van der Waals surface area contributed by atoms with Crippen LogP contribution in [-0.2, 0) is 0 Å². The Morgan fingerprint density at radius 3 is 2.52 bits per heavy atom. The number of nitrogens with zero attached hydrogens (tertiary/aromatic N) is 2. The van der Waals surface area contributed by atoms with Crippen molar-refractivity contribution in [2.75, 3.05) is 31.5 Å². The van der Waals surface area contributed by atoms with Crippen molar-refractivity contribution in [1.82, 2.24) is 9.88 Å². The van der Waals surface area contributed by atoms with Crippen LogP contribution in [-0.4, -0.2) is 36.1 Å². The molecular formula is C17H25N3S. The van der Waals surface area contributed by atoms with Gasteiger partial charge in [-0.15, -0.1) is 0 Å². The van der Waals surface area contributed by atoms with Gasteiger partial charge in [0.2, 0.25) is 0 Å². The summed E-state index contributed by atoms with van der Waals surface area (Å²) in [7, 11) is 0. The van der Waals surface area contributed by atoms with Gasteiger partial charge in [0, 0.05) is 6.54 Å². The zero-order valence-electron chi connectivity index (χ0n) is 13.2. The summed E-state index contributed by atoms with van der Waals surface area (Å²) < 4.78 is 0. The molecule has 0 saturated heterocycles. The molecule has 0 saturated carbocycles. The van der Waals surface area contributed by atoms with Crippen LogP contribution in [0.3, 0.4) is 0 Å². The van der Waals surface area contributed by atoms with Crippen molar-refractivity contribution in [2.24, 2.45) is 0 Å². The quantitative estimate of drug-likeness (QED) is 0.738. The zero-order chi connectivity index (χ0) is 15.1. The first-order chi connectivity index (χ1) is 10.2. The van der Waals surface area contributed by atoms with Gasteiger partial charge in [0.15, 0.2) is 5.13 Å². The topological polar surface area (TPSA) is 28.2 Å². The minimum absolute atomic E-state index is 0.984. The van der Waals surface area contributed by atoms with E-state index in [4.69, 9.17) is 0 Å². The highest BCUT2D eigenvalue weighted by Gasteiger charge is 2.09. The molecule has 2 aromatic rings. The lowest BCUT2D eigenvalue weighted by Gasteiger charge is -2.17. The highest BCUT2D eigenvalue weighted by molar-refractivity contribution is 7.19. The molecule has 0 radical (unpaired) electrons. The number of hydrogen-bond donors (Lipinski definition) is 1. The van der Waals surface area contributed by atoms with E-state index >= 15 is 0 Å². The Morgan fingerprint density at radius 1 is 1.14 bits per heavy atom. The Bertz CT molecular complexity index is 532. The fourth-order valence-electron chi connectivity index (χ4n) is 2.37. The molecule has 114 valence electrons. The molecule has 0 fully saturated rings. The molecule has 1 aromatic carbocycles. The van der Waals surface area contributed by atoms with Crippen molar-refractivity contribution in [2.45, 2.75) is 27.2 Å². The number of nitrogens with one attached hydrogen (secondary N) is 1. The first kappa shape index (κ1) is 16.0. The second-order valence-electron chi connectivity index (χ2n) is 5.11. The second kappa shape index (κ2) is 8.15. The van der Waals surface area contributed by atoms with Gasteiger partial charge in [-0.2, -0.15) is 0 Å². The maximum atomic E-state index is 4.64. The molecule has 0 unspecified atom stereocenters. The van der Waals surface area contributed by atoms with Crippen molar-refractivity contribution in [3.8, 4) is 10.4 Å². The molecule has 4 heteroatoms. The highest BCUT2D eigenvalue weighted by atomic mass is 32.1. The average Bonchev–Trinajstić information content (AvgIpc) is 2.89. The van der Waals surface area contributed by atoms with Gasteiger partial charge in [0.05, 0.1) is 10.6 Å². The average molecular weight is 303 g/mol. The first-order valence-corrected chi connectivity index (χ1v) is 8.55. The van der Waals surface area contributed by atoms with Gasteiger partial charge in [0.25, 0.3) is 0 Å². The molecular weight excluding hydrogens is 278 g/mol. The summed E-state index contributed by atoms with van der Waals surface area (Å²) in [5, 5.41) is 4.49. The lowest BCUT2D eigenvalue weighted by Crippen LogP contribution is -2.25. The fourth-order valence-corrected chi connectivity index (χ4v) is 3.36. The molecule has 0 amide bonds. The van der Waals surface area contributed by atoms with Crippen molar-refractivity contribution in [3.05, 3.63) is 36.0 Å². The van der Waals surface area contributed by atoms with E-state index in [0.29, 0.717) is 0 Å². The monoisotopic (exact) mass is 303 g/mol. The molecule has 0 spiro atoms. The predicted octanol–water partition coefficient (Wildman–Crippen LogP) is 4.26. The number of benzene rings is 1. The standard InChI is InChI=1S/C17H25N3S/c1-4-20(5-2)13-9-12-18-17-19-14(3)16(21-17)15-10-7-6-8-11-15/h6-8,10-11H,4-5,9,12-13H2,1-3H3,(H,18,19). The smallest absolute Gasteiger partial charge is 0.183 e. The van der Waals surface area contributed by atoms with Gasteiger partial charge >= 0.3 is 0 Å². The van der Waals surface area contributed by atoms with Crippen molar-refractivity contribution >= 4 is 16.5 Å². The third kappa shape index (κ3) is 4.55. The normalized spacial score (nSPS) is 11.0. The Morgan fingerprint density at radius 2 is 1.86 bits per heavy atom. The molecule has 0 aliphatic heterocycles. The van der Waals surface area contributed by atoms with E-state index in [1.807, 2.05) is 6.07 Å². The molecule has 0 aliphatic rings. The Labute approximate surface area is 132 Å². The van der Waals surface area contributed by atoms with Crippen LogP contribution in [0, 0.1) is 6.92 Å². The number of rotatable bonds is 8. The lowest BCUT2D eigenvalue weighted by molar-refractivity contribution is 0.303. The van der Waals surface area contributed by atoms with E-state index in [9.17, 15) is 0 Å². The van der Waals surface area contributed by atoms with Crippen LogP contribution in [0.5, 0.6) is 0 Å². The number of aryl methyl sites for hydroxylation is 1. The molecule has 2 rings (SSSR count). The van der Waals surface area contributed by atoms with Crippen LogP contribution in [0.1, 0.15) is 26.0 Å². The molecule has 0 atom stereocenters. The fraction of sp³-hybridized carbons (Fsp3) is 0.471. The maximum absolute atomic E-state index is 4.64. The molecule has 3 nitrogen and oxygen atoms in total. The Balaban J connectivity index is 1.88. The zero-order valence-corrected chi connectivity index (χ0v) is 14.0. The number of aromatic nitrogens is 1. The first-order valence-electron chi connectivity index (χ1n) is 7.73. The van der Waals surface area contributed by atoms with Crippen molar-refractivity contribution in [3.63, 3.8) is 0 Å². The van der Waals surface area contributed by atoms with E-state index in [1.165, 1.54) is 10.4 Å².